The zero-order chi connectivity index (χ0) is 15.2. The first-order valence-corrected chi connectivity index (χ1v) is 7.99. The number of nitrogen functional groups attached to an aromatic ring is 1. The van der Waals surface area contributed by atoms with Gasteiger partial charge in [-0.25, -0.2) is 0 Å². The Labute approximate surface area is 129 Å². The van der Waals surface area contributed by atoms with Crippen molar-refractivity contribution in [2.24, 2.45) is 0 Å². The maximum Gasteiger partial charge on any atom is 0.234 e. The van der Waals surface area contributed by atoms with Crippen LogP contribution >= 0.6 is 11.8 Å². The third-order valence-corrected chi connectivity index (χ3v) is 4.14. The summed E-state index contributed by atoms with van der Waals surface area (Å²) in [4.78, 5) is 11.9. The van der Waals surface area contributed by atoms with Crippen LogP contribution < -0.4 is 11.1 Å². The first kappa shape index (κ1) is 15.4. The van der Waals surface area contributed by atoms with Gasteiger partial charge in [0.15, 0.2) is 0 Å². The maximum atomic E-state index is 11.9. The molecule has 0 heterocycles. The van der Waals surface area contributed by atoms with E-state index in [-0.39, 0.29) is 5.91 Å². The Balaban J connectivity index is 1.81. The van der Waals surface area contributed by atoms with Crippen molar-refractivity contribution in [1.29, 1.82) is 0 Å². The molecule has 3 nitrogen and oxygen atoms in total. The third-order valence-electron chi connectivity index (χ3n) is 3.14. The average Bonchev–Trinajstić information content (AvgIpc) is 2.44. The molecule has 0 spiro atoms. The number of carbonyl (C=O) groups is 1. The Kier molecular flexibility index (Phi) is 5.28. The van der Waals surface area contributed by atoms with Gasteiger partial charge in [0.1, 0.15) is 0 Å². The van der Waals surface area contributed by atoms with E-state index in [0.29, 0.717) is 5.75 Å². The normalized spacial score (nSPS) is 10.4. The van der Waals surface area contributed by atoms with Crippen LogP contribution in [0, 0.1) is 13.8 Å². The Bertz CT molecular complexity index is 623. The van der Waals surface area contributed by atoms with Crippen LogP contribution in [0.15, 0.2) is 42.5 Å². The summed E-state index contributed by atoms with van der Waals surface area (Å²) in [6.45, 7) is 4.05. The lowest BCUT2D eigenvalue weighted by atomic mass is 10.1. The summed E-state index contributed by atoms with van der Waals surface area (Å²) in [7, 11) is 0. The molecule has 0 radical (unpaired) electrons. The fourth-order valence-corrected chi connectivity index (χ4v) is 2.80. The Morgan fingerprint density at radius 3 is 2.52 bits per heavy atom. The molecule has 1 amide bonds. The van der Waals surface area contributed by atoms with Gasteiger partial charge in [-0.05, 0) is 43.2 Å². The monoisotopic (exact) mass is 300 g/mol. The third kappa shape index (κ3) is 4.83. The summed E-state index contributed by atoms with van der Waals surface area (Å²) < 4.78 is 0. The summed E-state index contributed by atoms with van der Waals surface area (Å²) in [5, 5.41) is 2.95. The van der Waals surface area contributed by atoms with Crippen molar-refractivity contribution in [3.8, 4) is 0 Å². The molecule has 0 saturated carbocycles. The van der Waals surface area contributed by atoms with E-state index in [1.54, 1.807) is 11.8 Å². The molecular weight excluding hydrogens is 280 g/mol. The Morgan fingerprint density at radius 2 is 1.86 bits per heavy atom. The quantitative estimate of drug-likeness (QED) is 0.827. The van der Waals surface area contributed by atoms with Crippen LogP contribution in [-0.2, 0) is 10.5 Å². The van der Waals surface area contributed by atoms with E-state index in [4.69, 9.17) is 5.73 Å². The molecule has 0 fully saturated rings. The molecule has 4 heteroatoms. The molecule has 3 N–H and O–H groups in total. The highest BCUT2D eigenvalue weighted by atomic mass is 32.2. The lowest BCUT2D eigenvalue weighted by Gasteiger charge is -2.09. The number of anilines is 2. The highest BCUT2D eigenvalue weighted by molar-refractivity contribution is 7.99. The van der Waals surface area contributed by atoms with Crippen molar-refractivity contribution in [2.45, 2.75) is 19.6 Å². The zero-order valence-electron chi connectivity index (χ0n) is 12.3. The van der Waals surface area contributed by atoms with E-state index in [0.717, 1.165) is 22.7 Å². The van der Waals surface area contributed by atoms with E-state index in [1.165, 1.54) is 11.1 Å². The fourth-order valence-electron chi connectivity index (χ4n) is 2.02. The van der Waals surface area contributed by atoms with Crippen LogP contribution in [0.2, 0.25) is 0 Å². The van der Waals surface area contributed by atoms with Crippen molar-refractivity contribution in [3.63, 3.8) is 0 Å². The lowest BCUT2D eigenvalue weighted by molar-refractivity contribution is -0.113. The van der Waals surface area contributed by atoms with Crippen molar-refractivity contribution in [3.05, 3.63) is 59.2 Å². The summed E-state index contributed by atoms with van der Waals surface area (Å²) in [5.41, 5.74) is 10.8. The average molecular weight is 300 g/mol. The Morgan fingerprint density at radius 1 is 1.14 bits per heavy atom. The Hall–Kier alpha value is -1.94. The molecule has 0 aliphatic heterocycles. The number of hydrogen-bond acceptors (Lipinski definition) is 3. The number of carbonyl (C=O) groups excluding carboxylic acids is 1. The maximum absolute atomic E-state index is 11.9. The van der Waals surface area contributed by atoms with Gasteiger partial charge in [0.2, 0.25) is 5.91 Å². The summed E-state index contributed by atoms with van der Waals surface area (Å²) in [6.07, 6.45) is 0. The van der Waals surface area contributed by atoms with E-state index >= 15 is 0 Å². The van der Waals surface area contributed by atoms with Crippen molar-refractivity contribution >= 4 is 29.0 Å². The van der Waals surface area contributed by atoms with Gasteiger partial charge >= 0.3 is 0 Å². The molecule has 0 unspecified atom stereocenters. The van der Waals surface area contributed by atoms with Crippen molar-refractivity contribution in [2.75, 3.05) is 16.8 Å². The number of nitrogens with one attached hydrogen (secondary N) is 1. The van der Waals surface area contributed by atoms with Gasteiger partial charge in [-0.15, -0.1) is 11.8 Å². The van der Waals surface area contributed by atoms with Gasteiger partial charge in [-0.1, -0.05) is 29.8 Å². The van der Waals surface area contributed by atoms with Gasteiger partial charge < -0.3 is 11.1 Å². The second kappa shape index (κ2) is 7.18. The number of hydrogen-bond donors (Lipinski definition) is 2. The summed E-state index contributed by atoms with van der Waals surface area (Å²) in [6, 6.07) is 13.8. The van der Waals surface area contributed by atoms with E-state index in [9.17, 15) is 4.79 Å². The highest BCUT2D eigenvalue weighted by Crippen LogP contribution is 2.18. The van der Waals surface area contributed by atoms with Crippen LogP contribution in [-0.4, -0.2) is 11.7 Å². The number of rotatable bonds is 5. The smallest absolute Gasteiger partial charge is 0.234 e. The number of aryl methyl sites for hydroxylation is 2. The van der Waals surface area contributed by atoms with Crippen LogP contribution in [0.4, 0.5) is 11.4 Å². The van der Waals surface area contributed by atoms with E-state index in [2.05, 4.69) is 11.4 Å². The molecule has 0 aliphatic rings. The van der Waals surface area contributed by atoms with Gasteiger partial charge in [0.05, 0.1) is 5.75 Å². The molecule has 21 heavy (non-hydrogen) atoms. The minimum atomic E-state index is 0.0300. The van der Waals surface area contributed by atoms with E-state index in [1.807, 2.05) is 50.2 Å². The van der Waals surface area contributed by atoms with Gasteiger partial charge in [-0.3, -0.25) is 4.79 Å². The minimum Gasteiger partial charge on any atom is -0.399 e. The van der Waals surface area contributed by atoms with E-state index < -0.39 is 0 Å². The largest absolute Gasteiger partial charge is 0.399 e. The van der Waals surface area contributed by atoms with Crippen molar-refractivity contribution in [1.82, 2.24) is 0 Å². The zero-order valence-corrected chi connectivity index (χ0v) is 13.2. The van der Waals surface area contributed by atoms with Crippen LogP contribution in [0.25, 0.3) is 0 Å². The molecule has 0 bridgehead atoms. The predicted octanol–water partition coefficient (Wildman–Crippen LogP) is 3.76. The summed E-state index contributed by atoms with van der Waals surface area (Å²) in [5.74, 6) is 1.28. The second-order valence-corrected chi connectivity index (χ2v) is 6.09. The van der Waals surface area contributed by atoms with Gasteiger partial charge in [0.25, 0.3) is 0 Å². The molecule has 2 aromatic rings. The van der Waals surface area contributed by atoms with Gasteiger partial charge in [0, 0.05) is 17.1 Å². The van der Waals surface area contributed by atoms with Gasteiger partial charge in [-0.2, -0.15) is 0 Å². The molecule has 110 valence electrons. The molecule has 2 aromatic carbocycles. The number of thioether (sulfide) groups is 1. The van der Waals surface area contributed by atoms with Crippen molar-refractivity contribution < 1.29 is 4.79 Å². The molecule has 0 saturated heterocycles. The SMILES string of the molecule is Cc1ccc(NC(=O)CSCc2ccc(N)cc2)c(C)c1. The van der Waals surface area contributed by atoms with Crippen LogP contribution in [0.5, 0.6) is 0 Å². The topological polar surface area (TPSA) is 55.1 Å². The molecule has 0 aliphatic carbocycles. The second-order valence-electron chi connectivity index (χ2n) is 5.10. The van der Waals surface area contributed by atoms with Crippen LogP contribution in [0.3, 0.4) is 0 Å². The summed E-state index contributed by atoms with van der Waals surface area (Å²) >= 11 is 1.60. The lowest BCUT2D eigenvalue weighted by Crippen LogP contribution is -2.15. The fraction of sp³-hybridized carbons (Fsp3) is 0.235. The molecular formula is C17H20N2OS. The number of amides is 1. The first-order valence-electron chi connectivity index (χ1n) is 6.84. The van der Waals surface area contributed by atoms with Crippen LogP contribution in [0.1, 0.15) is 16.7 Å². The molecule has 0 aromatic heterocycles. The minimum absolute atomic E-state index is 0.0300. The molecule has 2 rings (SSSR count). The molecule has 0 atom stereocenters. The predicted molar refractivity (Wildman–Crippen MR) is 91.6 cm³/mol. The standard InChI is InChI=1S/C17H20N2OS/c1-12-3-8-16(13(2)9-12)19-17(20)11-21-10-14-4-6-15(18)7-5-14/h3-9H,10-11,18H2,1-2H3,(H,19,20). The highest BCUT2D eigenvalue weighted by Gasteiger charge is 2.05. The number of nitrogens with two attached hydrogens (primary N) is 1. The number of benzene rings is 2. The first-order chi connectivity index (χ1) is 10.0.